The van der Waals surface area contributed by atoms with Gasteiger partial charge in [-0.15, -0.1) is 0 Å². The first-order valence-corrected chi connectivity index (χ1v) is 7.47. The molecule has 0 aromatic rings. The van der Waals surface area contributed by atoms with Gasteiger partial charge >= 0.3 is 0 Å². The van der Waals surface area contributed by atoms with Gasteiger partial charge in [0, 0.05) is 25.7 Å². The summed E-state index contributed by atoms with van der Waals surface area (Å²) in [5.74, 6) is 1.15. The first-order valence-electron chi connectivity index (χ1n) is 7.47. The summed E-state index contributed by atoms with van der Waals surface area (Å²) in [7, 11) is 0. The topological polar surface area (TPSA) is 55.7 Å². The van der Waals surface area contributed by atoms with Crippen LogP contribution in [0.3, 0.4) is 0 Å². The van der Waals surface area contributed by atoms with Gasteiger partial charge in [-0.25, -0.2) is 0 Å². The maximum atomic E-state index is 10.1. The van der Waals surface area contributed by atoms with Crippen LogP contribution >= 0.6 is 0 Å². The highest BCUT2D eigenvalue weighted by Gasteiger charge is 2.34. The van der Waals surface area contributed by atoms with Crippen molar-refractivity contribution in [3.8, 4) is 0 Å². The molecule has 1 heterocycles. The molecular formula is C14H28N2O2. The van der Waals surface area contributed by atoms with Gasteiger partial charge < -0.3 is 15.5 Å². The average molecular weight is 256 g/mol. The second-order valence-corrected chi connectivity index (χ2v) is 5.98. The van der Waals surface area contributed by atoms with Crippen molar-refractivity contribution in [1.29, 1.82) is 0 Å². The summed E-state index contributed by atoms with van der Waals surface area (Å²) in [5, 5.41) is 22.7. The van der Waals surface area contributed by atoms with E-state index in [4.69, 9.17) is 5.11 Å². The number of hydrogen-bond donors (Lipinski definition) is 3. The van der Waals surface area contributed by atoms with Crippen LogP contribution in [0.25, 0.3) is 0 Å². The van der Waals surface area contributed by atoms with Crippen LogP contribution in [-0.4, -0.2) is 60.0 Å². The first kappa shape index (κ1) is 14.3. The molecule has 3 unspecified atom stereocenters. The molecular weight excluding hydrogens is 228 g/mol. The van der Waals surface area contributed by atoms with Crippen molar-refractivity contribution in [2.75, 3.05) is 32.8 Å². The van der Waals surface area contributed by atoms with Gasteiger partial charge in [0.25, 0.3) is 0 Å². The number of aliphatic hydroxyl groups excluding tert-OH is 2. The molecule has 0 radical (unpaired) electrons. The van der Waals surface area contributed by atoms with E-state index in [0.29, 0.717) is 17.9 Å². The van der Waals surface area contributed by atoms with E-state index in [9.17, 15) is 5.11 Å². The lowest BCUT2D eigenvalue weighted by atomic mass is 9.88. The zero-order valence-electron chi connectivity index (χ0n) is 11.5. The number of piperidine rings is 1. The molecule has 0 bridgehead atoms. The van der Waals surface area contributed by atoms with Gasteiger partial charge in [-0.3, -0.25) is 4.90 Å². The Bertz CT molecular complexity index is 232. The van der Waals surface area contributed by atoms with Crippen LogP contribution in [0.5, 0.6) is 0 Å². The van der Waals surface area contributed by atoms with Crippen molar-refractivity contribution in [1.82, 2.24) is 10.2 Å². The van der Waals surface area contributed by atoms with Crippen LogP contribution in [0.1, 0.15) is 32.6 Å². The lowest BCUT2D eigenvalue weighted by Crippen LogP contribution is -2.50. The molecule has 0 aromatic heterocycles. The predicted octanol–water partition coefficient (Wildman–Crippen LogP) is 0.440. The van der Waals surface area contributed by atoms with Crippen LogP contribution < -0.4 is 5.32 Å². The van der Waals surface area contributed by atoms with Crippen LogP contribution in [0.2, 0.25) is 0 Å². The van der Waals surface area contributed by atoms with Gasteiger partial charge in [-0.05, 0) is 44.1 Å². The van der Waals surface area contributed by atoms with E-state index in [2.05, 4.69) is 17.1 Å². The van der Waals surface area contributed by atoms with E-state index in [-0.39, 0.29) is 12.7 Å². The minimum Gasteiger partial charge on any atom is -0.395 e. The second-order valence-electron chi connectivity index (χ2n) is 5.98. The van der Waals surface area contributed by atoms with E-state index < -0.39 is 0 Å². The Morgan fingerprint density at radius 2 is 2.11 bits per heavy atom. The Kier molecular flexibility index (Phi) is 5.42. The molecule has 2 rings (SSSR count). The SMILES string of the molecule is CCNC1CC(CC(O)C2CC2)CN(CCO)C1. The van der Waals surface area contributed by atoms with E-state index in [1.807, 2.05) is 0 Å². The van der Waals surface area contributed by atoms with E-state index in [1.165, 1.54) is 19.3 Å². The summed E-state index contributed by atoms with van der Waals surface area (Å²) >= 11 is 0. The summed E-state index contributed by atoms with van der Waals surface area (Å²) in [4.78, 5) is 2.33. The Labute approximate surface area is 110 Å². The third-order valence-electron chi connectivity index (χ3n) is 4.26. The molecule has 2 aliphatic rings. The molecule has 1 aliphatic heterocycles. The molecule has 106 valence electrons. The summed E-state index contributed by atoms with van der Waals surface area (Å²) in [6, 6.07) is 0.520. The van der Waals surface area contributed by atoms with E-state index in [0.717, 1.165) is 32.6 Å². The molecule has 4 nitrogen and oxygen atoms in total. The lowest BCUT2D eigenvalue weighted by Gasteiger charge is -2.38. The highest BCUT2D eigenvalue weighted by Crippen LogP contribution is 2.36. The monoisotopic (exact) mass is 256 g/mol. The van der Waals surface area contributed by atoms with Crippen LogP contribution in [0.15, 0.2) is 0 Å². The Balaban J connectivity index is 1.82. The lowest BCUT2D eigenvalue weighted by molar-refractivity contribution is 0.0678. The molecule has 1 aliphatic carbocycles. The highest BCUT2D eigenvalue weighted by atomic mass is 16.3. The van der Waals surface area contributed by atoms with Gasteiger partial charge in [-0.1, -0.05) is 6.92 Å². The first-order chi connectivity index (χ1) is 8.72. The largest absolute Gasteiger partial charge is 0.395 e. The number of nitrogens with one attached hydrogen (secondary N) is 1. The number of rotatable bonds is 7. The minimum absolute atomic E-state index is 0.0913. The predicted molar refractivity (Wildman–Crippen MR) is 72.4 cm³/mol. The number of likely N-dealkylation sites (N-methyl/N-ethyl adjacent to an activating group) is 1. The third-order valence-corrected chi connectivity index (χ3v) is 4.26. The average Bonchev–Trinajstić information content (AvgIpc) is 3.13. The molecule has 0 spiro atoms. The molecule has 0 aromatic carbocycles. The molecule has 1 saturated heterocycles. The van der Waals surface area contributed by atoms with Gasteiger partial charge in [-0.2, -0.15) is 0 Å². The number of hydrogen-bond acceptors (Lipinski definition) is 4. The van der Waals surface area contributed by atoms with Gasteiger partial charge in [0.05, 0.1) is 12.7 Å². The molecule has 2 fully saturated rings. The molecule has 3 N–H and O–H groups in total. The van der Waals surface area contributed by atoms with Crippen molar-refractivity contribution in [3.63, 3.8) is 0 Å². The maximum Gasteiger partial charge on any atom is 0.0571 e. The number of nitrogens with zero attached hydrogens (tertiary/aromatic N) is 1. The number of aliphatic hydroxyl groups is 2. The fourth-order valence-electron chi connectivity index (χ4n) is 3.25. The normalized spacial score (nSPS) is 31.5. The summed E-state index contributed by atoms with van der Waals surface area (Å²) < 4.78 is 0. The van der Waals surface area contributed by atoms with Crippen molar-refractivity contribution >= 4 is 0 Å². The quantitative estimate of drug-likeness (QED) is 0.619. The van der Waals surface area contributed by atoms with E-state index in [1.54, 1.807) is 0 Å². The summed E-state index contributed by atoms with van der Waals surface area (Å²) in [6.07, 6.45) is 4.44. The minimum atomic E-state index is -0.0913. The third kappa shape index (κ3) is 4.19. The Morgan fingerprint density at radius 3 is 2.72 bits per heavy atom. The molecule has 3 atom stereocenters. The van der Waals surface area contributed by atoms with Crippen LogP contribution in [0, 0.1) is 11.8 Å². The second kappa shape index (κ2) is 6.85. The van der Waals surface area contributed by atoms with Gasteiger partial charge in [0.1, 0.15) is 0 Å². The van der Waals surface area contributed by atoms with Crippen molar-refractivity contribution in [3.05, 3.63) is 0 Å². The molecule has 18 heavy (non-hydrogen) atoms. The standard InChI is InChI=1S/C14H28N2O2/c1-2-15-13-7-11(8-14(18)12-3-4-12)9-16(10-13)5-6-17/h11-15,17-18H,2-10H2,1H3. The maximum absolute atomic E-state index is 10.1. The molecule has 4 heteroatoms. The zero-order valence-corrected chi connectivity index (χ0v) is 11.5. The van der Waals surface area contributed by atoms with Crippen molar-refractivity contribution < 1.29 is 10.2 Å². The van der Waals surface area contributed by atoms with Crippen molar-refractivity contribution in [2.45, 2.75) is 44.8 Å². The van der Waals surface area contributed by atoms with Crippen LogP contribution in [-0.2, 0) is 0 Å². The smallest absolute Gasteiger partial charge is 0.0571 e. The summed E-state index contributed by atoms with van der Waals surface area (Å²) in [5.41, 5.74) is 0. The summed E-state index contributed by atoms with van der Waals surface area (Å²) in [6.45, 7) is 6.19. The van der Waals surface area contributed by atoms with Crippen LogP contribution in [0.4, 0.5) is 0 Å². The number of likely N-dealkylation sites (tertiary alicyclic amines) is 1. The Hall–Kier alpha value is -0.160. The fourth-order valence-corrected chi connectivity index (χ4v) is 3.25. The molecule has 0 amide bonds. The Morgan fingerprint density at radius 1 is 1.33 bits per heavy atom. The molecule has 1 saturated carbocycles. The highest BCUT2D eigenvalue weighted by molar-refractivity contribution is 4.88. The van der Waals surface area contributed by atoms with E-state index >= 15 is 0 Å². The number of β-amino-alcohol motifs (C(OH)–C–C–N with tert-alkyl or cyclic N) is 1. The van der Waals surface area contributed by atoms with Crippen molar-refractivity contribution in [2.24, 2.45) is 11.8 Å². The van der Waals surface area contributed by atoms with Gasteiger partial charge in [0.2, 0.25) is 0 Å². The zero-order chi connectivity index (χ0) is 13.0. The van der Waals surface area contributed by atoms with Gasteiger partial charge in [0.15, 0.2) is 0 Å². The fraction of sp³-hybridized carbons (Fsp3) is 1.00.